The molecule has 0 bridgehead atoms. The maximum atomic E-state index is 12.0. The summed E-state index contributed by atoms with van der Waals surface area (Å²) < 4.78 is 0. The average molecular weight is 266 g/mol. The van der Waals surface area contributed by atoms with Crippen LogP contribution >= 0.6 is 0 Å². The van der Waals surface area contributed by atoms with E-state index in [2.05, 4.69) is 10.3 Å². The molecule has 6 heteroatoms. The number of H-pyrrole nitrogens is 1. The second kappa shape index (κ2) is 5.69. The molecule has 0 saturated heterocycles. The fraction of sp³-hybridized carbons (Fsp3) is 0.462. The molecule has 0 radical (unpaired) electrons. The number of aliphatic carboxylic acids is 1. The summed E-state index contributed by atoms with van der Waals surface area (Å²) in [5, 5.41) is 11.3. The van der Waals surface area contributed by atoms with E-state index >= 15 is 0 Å². The molecule has 0 spiro atoms. The van der Waals surface area contributed by atoms with E-state index in [0.717, 1.165) is 0 Å². The molecule has 6 nitrogen and oxygen atoms in total. The van der Waals surface area contributed by atoms with Crippen LogP contribution in [0.15, 0.2) is 17.1 Å². The van der Waals surface area contributed by atoms with E-state index in [-0.39, 0.29) is 23.8 Å². The maximum Gasteiger partial charge on any atom is 0.303 e. The van der Waals surface area contributed by atoms with Crippen LogP contribution in [0.2, 0.25) is 0 Å². The summed E-state index contributed by atoms with van der Waals surface area (Å²) in [6, 6.07) is 1.35. The largest absolute Gasteiger partial charge is 0.481 e. The summed E-state index contributed by atoms with van der Waals surface area (Å²) in [6.07, 6.45) is 1.61. The van der Waals surface area contributed by atoms with Crippen molar-refractivity contribution in [3.8, 4) is 0 Å². The van der Waals surface area contributed by atoms with Crippen LogP contribution in [0.5, 0.6) is 0 Å². The Bertz CT molecular complexity index is 546. The van der Waals surface area contributed by atoms with Gasteiger partial charge in [-0.2, -0.15) is 0 Å². The summed E-state index contributed by atoms with van der Waals surface area (Å²) in [5.41, 5.74) is -0.351. The molecule has 1 heterocycles. The Hall–Kier alpha value is -2.11. The highest BCUT2D eigenvalue weighted by Gasteiger charge is 2.23. The lowest BCUT2D eigenvalue weighted by molar-refractivity contribution is -0.137. The van der Waals surface area contributed by atoms with E-state index < -0.39 is 17.4 Å². The van der Waals surface area contributed by atoms with E-state index in [9.17, 15) is 14.4 Å². The SMILES string of the molecule is Cc1cc(=O)c(C(=O)NC(C)(C)CCC(=O)O)c[nH]1. The van der Waals surface area contributed by atoms with Crippen LogP contribution in [0.3, 0.4) is 0 Å². The summed E-state index contributed by atoms with van der Waals surface area (Å²) >= 11 is 0. The van der Waals surface area contributed by atoms with Gasteiger partial charge in [0.25, 0.3) is 5.91 Å². The standard InChI is InChI=1S/C13H18N2O4/c1-8-6-10(16)9(7-14-8)12(19)15-13(2,3)5-4-11(17)18/h6-7H,4-5H2,1-3H3,(H,14,16)(H,15,19)(H,17,18). The molecule has 0 aliphatic rings. The Morgan fingerprint density at radius 3 is 2.58 bits per heavy atom. The predicted octanol–water partition coefficient (Wildman–Crippen LogP) is 1.06. The fourth-order valence-electron chi connectivity index (χ4n) is 1.61. The minimum Gasteiger partial charge on any atom is -0.481 e. The van der Waals surface area contributed by atoms with Crippen molar-refractivity contribution >= 4 is 11.9 Å². The number of carboxylic acids is 1. The Kier molecular flexibility index (Phi) is 4.47. The first-order valence-corrected chi connectivity index (χ1v) is 5.95. The summed E-state index contributed by atoms with van der Waals surface area (Å²) in [6.45, 7) is 5.16. The van der Waals surface area contributed by atoms with Gasteiger partial charge in [0.1, 0.15) is 5.56 Å². The number of pyridine rings is 1. The lowest BCUT2D eigenvalue weighted by Crippen LogP contribution is -2.45. The highest BCUT2D eigenvalue weighted by Crippen LogP contribution is 2.11. The zero-order chi connectivity index (χ0) is 14.6. The van der Waals surface area contributed by atoms with Gasteiger partial charge in [-0.15, -0.1) is 0 Å². The first kappa shape index (κ1) is 14.9. The van der Waals surface area contributed by atoms with Crippen molar-refractivity contribution in [1.82, 2.24) is 10.3 Å². The van der Waals surface area contributed by atoms with Gasteiger partial charge in [0.2, 0.25) is 0 Å². The molecule has 0 unspecified atom stereocenters. The van der Waals surface area contributed by atoms with E-state index in [1.54, 1.807) is 20.8 Å². The highest BCUT2D eigenvalue weighted by molar-refractivity contribution is 5.94. The second-order valence-electron chi connectivity index (χ2n) is 5.13. The van der Waals surface area contributed by atoms with Gasteiger partial charge < -0.3 is 15.4 Å². The van der Waals surface area contributed by atoms with Crippen molar-refractivity contribution in [1.29, 1.82) is 0 Å². The highest BCUT2D eigenvalue weighted by atomic mass is 16.4. The quantitative estimate of drug-likeness (QED) is 0.741. The molecule has 0 atom stereocenters. The van der Waals surface area contributed by atoms with Crippen molar-refractivity contribution in [3.63, 3.8) is 0 Å². The number of aromatic amines is 1. The van der Waals surface area contributed by atoms with E-state index in [1.165, 1.54) is 12.3 Å². The number of carbonyl (C=O) groups is 2. The molecule has 0 aliphatic heterocycles. The van der Waals surface area contributed by atoms with E-state index in [0.29, 0.717) is 5.69 Å². The molecule has 0 aliphatic carbocycles. The lowest BCUT2D eigenvalue weighted by atomic mass is 9.98. The molecular formula is C13H18N2O4. The Balaban J connectivity index is 2.78. The van der Waals surface area contributed by atoms with Gasteiger partial charge in [0.15, 0.2) is 5.43 Å². The second-order valence-corrected chi connectivity index (χ2v) is 5.13. The number of hydrogen-bond donors (Lipinski definition) is 3. The number of carboxylic acid groups (broad SMARTS) is 1. The third kappa shape index (κ3) is 4.57. The molecule has 3 N–H and O–H groups in total. The van der Waals surface area contributed by atoms with Gasteiger partial charge in [0, 0.05) is 29.9 Å². The monoisotopic (exact) mass is 266 g/mol. The lowest BCUT2D eigenvalue weighted by Gasteiger charge is -2.25. The number of aromatic nitrogens is 1. The topological polar surface area (TPSA) is 99.3 Å². The molecule has 0 fully saturated rings. The van der Waals surface area contributed by atoms with Crippen molar-refractivity contribution in [2.75, 3.05) is 0 Å². The molecule has 1 rings (SSSR count). The fourth-order valence-corrected chi connectivity index (χ4v) is 1.61. The molecule has 1 amide bonds. The number of hydrogen-bond acceptors (Lipinski definition) is 3. The predicted molar refractivity (Wildman–Crippen MR) is 70.2 cm³/mol. The van der Waals surface area contributed by atoms with Crippen LogP contribution in [0, 0.1) is 6.92 Å². The zero-order valence-electron chi connectivity index (χ0n) is 11.2. The normalized spacial score (nSPS) is 11.1. The smallest absolute Gasteiger partial charge is 0.303 e. The zero-order valence-corrected chi connectivity index (χ0v) is 11.2. The first-order chi connectivity index (χ1) is 8.71. The minimum absolute atomic E-state index is 0.0222. The Morgan fingerprint density at radius 1 is 1.42 bits per heavy atom. The van der Waals surface area contributed by atoms with Crippen LogP contribution in [0.25, 0.3) is 0 Å². The summed E-state index contributed by atoms with van der Waals surface area (Å²) in [7, 11) is 0. The Morgan fingerprint density at radius 2 is 2.05 bits per heavy atom. The summed E-state index contributed by atoms with van der Waals surface area (Å²) in [4.78, 5) is 36.9. The Labute approximate surface area is 110 Å². The number of rotatable bonds is 5. The van der Waals surface area contributed by atoms with Crippen LogP contribution < -0.4 is 10.7 Å². The van der Waals surface area contributed by atoms with Crippen LogP contribution in [-0.2, 0) is 4.79 Å². The number of carbonyl (C=O) groups excluding carboxylic acids is 1. The van der Waals surface area contributed by atoms with E-state index in [4.69, 9.17) is 5.11 Å². The molecule has 0 aromatic carbocycles. The van der Waals surface area contributed by atoms with Gasteiger partial charge in [-0.25, -0.2) is 0 Å². The first-order valence-electron chi connectivity index (χ1n) is 5.95. The van der Waals surface area contributed by atoms with Gasteiger partial charge >= 0.3 is 5.97 Å². The molecule has 19 heavy (non-hydrogen) atoms. The molecule has 1 aromatic heterocycles. The van der Waals surface area contributed by atoms with Gasteiger partial charge in [-0.3, -0.25) is 14.4 Å². The van der Waals surface area contributed by atoms with Gasteiger partial charge in [0.05, 0.1) is 0 Å². The average Bonchev–Trinajstić information content (AvgIpc) is 2.25. The van der Waals surface area contributed by atoms with E-state index in [1.807, 2.05) is 0 Å². The number of aryl methyl sites for hydroxylation is 1. The third-order valence-electron chi connectivity index (χ3n) is 2.72. The molecule has 0 saturated carbocycles. The van der Waals surface area contributed by atoms with Crippen molar-refractivity contribution in [2.45, 2.75) is 39.2 Å². The van der Waals surface area contributed by atoms with Crippen molar-refractivity contribution in [2.24, 2.45) is 0 Å². The molecule has 1 aromatic rings. The van der Waals surface area contributed by atoms with Crippen LogP contribution in [-0.4, -0.2) is 27.5 Å². The van der Waals surface area contributed by atoms with Gasteiger partial charge in [-0.1, -0.05) is 0 Å². The number of amides is 1. The van der Waals surface area contributed by atoms with Crippen molar-refractivity contribution < 1.29 is 14.7 Å². The molecule has 104 valence electrons. The van der Waals surface area contributed by atoms with Crippen LogP contribution in [0.1, 0.15) is 42.7 Å². The third-order valence-corrected chi connectivity index (χ3v) is 2.72. The minimum atomic E-state index is -0.921. The maximum absolute atomic E-state index is 12.0. The van der Waals surface area contributed by atoms with Gasteiger partial charge in [-0.05, 0) is 27.2 Å². The van der Waals surface area contributed by atoms with Crippen LogP contribution in [0.4, 0.5) is 0 Å². The molecular weight excluding hydrogens is 248 g/mol. The van der Waals surface area contributed by atoms with Crippen molar-refractivity contribution in [3.05, 3.63) is 33.7 Å². The summed E-state index contributed by atoms with van der Waals surface area (Å²) in [5.74, 6) is -1.42. The number of nitrogens with one attached hydrogen (secondary N) is 2.